The molecule has 1 heterocycles. The van der Waals surface area contributed by atoms with Crippen LogP contribution >= 0.6 is 11.3 Å². The van der Waals surface area contributed by atoms with E-state index in [0.29, 0.717) is 12.0 Å². The van der Waals surface area contributed by atoms with E-state index in [1.165, 1.54) is 4.88 Å². The molecule has 0 aliphatic heterocycles. The Kier molecular flexibility index (Phi) is 6.15. The normalized spacial score (nSPS) is 11.8. The van der Waals surface area contributed by atoms with Gasteiger partial charge in [0.25, 0.3) is 0 Å². The fraction of sp³-hybridized carbons (Fsp3) is 0.294. The molecule has 2 rings (SSSR count). The minimum Gasteiger partial charge on any atom is -0.481 e. The molecular weight excluding hydrogens is 298 g/mol. The highest BCUT2D eigenvalue weighted by Gasteiger charge is 2.20. The van der Waals surface area contributed by atoms with E-state index in [4.69, 9.17) is 0 Å². The third kappa shape index (κ3) is 5.00. The number of carbonyl (C=O) groups excluding carboxylic acids is 1. The molecule has 1 amide bonds. The summed E-state index contributed by atoms with van der Waals surface area (Å²) in [6.07, 6.45) is 2.07. The minimum atomic E-state index is -0.926. The molecule has 2 aromatic rings. The summed E-state index contributed by atoms with van der Waals surface area (Å²) in [5.41, 5.74) is 0.703. The lowest BCUT2D eigenvalue weighted by molar-refractivity contribution is -0.138. The summed E-state index contributed by atoms with van der Waals surface area (Å²) in [5, 5.41) is 14.0. The second-order valence-corrected chi connectivity index (χ2v) is 6.07. The van der Waals surface area contributed by atoms with Gasteiger partial charge in [-0.05, 0) is 29.9 Å². The molecule has 4 nitrogen and oxygen atoms in total. The topological polar surface area (TPSA) is 66.4 Å². The summed E-state index contributed by atoms with van der Waals surface area (Å²) in [4.78, 5) is 24.4. The third-order valence-corrected chi connectivity index (χ3v) is 4.35. The van der Waals surface area contributed by atoms with Crippen LogP contribution in [0.3, 0.4) is 0 Å². The highest BCUT2D eigenvalue weighted by Crippen LogP contribution is 2.15. The van der Waals surface area contributed by atoms with Gasteiger partial charge in [0, 0.05) is 17.8 Å². The molecule has 0 fully saturated rings. The van der Waals surface area contributed by atoms with Crippen molar-refractivity contribution < 1.29 is 14.7 Å². The maximum Gasteiger partial charge on any atom is 0.312 e. The maximum absolute atomic E-state index is 11.8. The lowest BCUT2D eigenvalue weighted by Crippen LogP contribution is -2.31. The zero-order valence-electron chi connectivity index (χ0n) is 12.2. The van der Waals surface area contributed by atoms with Gasteiger partial charge in [-0.15, -0.1) is 11.3 Å². The van der Waals surface area contributed by atoms with E-state index in [1.807, 2.05) is 17.5 Å². The van der Waals surface area contributed by atoms with Gasteiger partial charge in [0.05, 0.1) is 5.92 Å². The van der Waals surface area contributed by atoms with Crippen LogP contribution in [0.1, 0.15) is 29.2 Å². The smallest absolute Gasteiger partial charge is 0.312 e. The minimum absolute atomic E-state index is 0.0984. The van der Waals surface area contributed by atoms with E-state index in [9.17, 15) is 14.7 Å². The Morgan fingerprint density at radius 3 is 2.55 bits per heavy atom. The average Bonchev–Trinajstić information content (AvgIpc) is 3.01. The Bertz CT molecular complexity index is 596. The van der Waals surface area contributed by atoms with E-state index >= 15 is 0 Å². The molecule has 1 atom stereocenters. The Morgan fingerprint density at radius 2 is 1.91 bits per heavy atom. The molecule has 0 radical (unpaired) electrons. The van der Waals surface area contributed by atoms with Crippen LogP contribution in [0.2, 0.25) is 0 Å². The number of hydrogen-bond donors (Lipinski definition) is 2. The average molecular weight is 317 g/mol. The quantitative estimate of drug-likeness (QED) is 0.786. The summed E-state index contributed by atoms with van der Waals surface area (Å²) in [6, 6.07) is 13.0. The van der Waals surface area contributed by atoms with Gasteiger partial charge in [-0.3, -0.25) is 9.59 Å². The second-order valence-electron chi connectivity index (χ2n) is 5.04. The van der Waals surface area contributed by atoms with E-state index in [0.717, 1.165) is 12.8 Å². The van der Waals surface area contributed by atoms with Gasteiger partial charge >= 0.3 is 5.97 Å². The molecular formula is C17H19NO3S. The number of carbonyl (C=O) groups is 2. The van der Waals surface area contributed by atoms with Crippen molar-refractivity contribution in [3.63, 3.8) is 0 Å². The Balaban J connectivity index is 1.77. The van der Waals surface area contributed by atoms with Crippen molar-refractivity contribution in [2.75, 3.05) is 6.54 Å². The highest BCUT2D eigenvalue weighted by molar-refractivity contribution is 7.09. The first-order valence-corrected chi connectivity index (χ1v) is 8.11. The molecule has 5 heteroatoms. The van der Waals surface area contributed by atoms with Crippen LogP contribution in [0.4, 0.5) is 0 Å². The summed E-state index contributed by atoms with van der Waals surface area (Å²) in [7, 11) is 0. The molecule has 116 valence electrons. The van der Waals surface area contributed by atoms with Crippen LogP contribution in [0.25, 0.3) is 0 Å². The van der Waals surface area contributed by atoms with Crippen LogP contribution in [0, 0.1) is 0 Å². The van der Waals surface area contributed by atoms with Crippen LogP contribution in [-0.2, 0) is 16.0 Å². The van der Waals surface area contributed by atoms with E-state index in [-0.39, 0.29) is 12.5 Å². The van der Waals surface area contributed by atoms with Crippen LogP contribution < -0.4 is 5.32 Å². The molecule has 2 N–H and O–H groups in total. The number of amides is 1. The molecule has 22 heavy (non-hydrogen) atoms. The SMILES string of the molecule is O=C(CCCc1cccs1)NCC(C(=O)O)c1ccccc1. The monoisotopic (exact) mass is 317 g/mol. The number of aryl methyl sites for hydroxylation is 1. The zero-order chi connectivity index (χ0) is 15.8. The number of carboxylic acids is 1. The van der Waals surface area contributed by atoms with E-state index < -0.39 is 11.9 Å². The molecule has 0 aliphatic carbocycles. The van der Waals surface area contributed by atoms with Gasteiger partial charge in [0.15, 0.2) is 0 Å². The summed E-state index contributed by atoms with van der Waals surface area (Å²) in [6.45, 7) is 0.122. The van der Waals surface area contributed by atoms with Gasteiger partial charge in [0.2, 0.25) is 5.91 Å². The largest absolute Gasteiger partial charge is 0.481 e. The van der Waals surface area contributed by atoms with Crippen LogP contribution in [0.15, 0.2) is 47.8 Å². The number of rotatable bonds is 8. The van der Waals surface area contributed by atoms with Gasteiger partial charge < -0.3 is 10.4 Å². The summed E-state index contributed by atoms with van der Waals surface area (Å²) in [5.74, 6) is -1.73. The van der Waals surface area contributed by atoms with Crippen molar-refractivity contribution in [3.05, 3.63) is 58.3 Å². The van der Waals surface area contributed by atoms with E-state index in [1.54, 1.807) is 35.6 Å². The number of thiophene rings is 1. The molecule has 0 saturated heterocycles. The van der Waals surface area contributed by atoms with Crippen molar-refractivity contribution in [2.45, 2.75) is 25.2 Å². The number of benzene rings is 1. The lowest BCUT2D eigenvalue weighted by atomic mass is 9.99. The van der Waals surface area contributed by atoms with Crippen molar-refractivity contribution in [3.8, 4) is 0 Å². The van der Waals surface area contributed by atoms with Crippen LogP contribution in [-0.4, -0.2) is 23.5 Å². The lowest BCUT2D eigenvalue weighted by Gasteiger charge is -2.13. The van der Waals surface area contributed by atoms with Crippen molar-refractivity contribution in [1.29, 1.82) is 0 Å². The molecule has 1 aromatic carbocycles. The zero-order valence-corrected chi connectivity index (χ0v) is 13.0. The number of carboxylic acid groups (broad SMARTS) is 1. The second kappa shape index (κ2) is 8.34. The molecule has 0 saturated carbocycles. The predicted molar refractivity (Wildman–Crippen MR) is 87.1 cm³/mol. The molecule has 1 unspecified atom stereocenters. The first-order chi connectivity index (χ1) is 10.7. The number of aliphatic carboxylic acids is 1. The third-order valence-electron chi connectivity index (χ3n) is 3.41. The highest BCUT2D eigenvalue weighted by atomic mass is 32.1. The fourth-order valence-corrected chi connectivity index (χ4v) is 2.97. The molecule has 0 spiro atoms. The van der Waals surface area contributed by atoms with Crippen molar-refractivity contribution in [1.82, 2.24) is 5.32 Å². The van der Waals surface area contributed by atoms with Gasteiger partial charge in [0.1, 0.15) is 0 Å². The fourth-order valence-electron chi connectivity index (χ4n) is 2.22. The number of hydrogen-bond acceptors (Lipinski definition) is 3. The standard InChI is InChI=1S/C17H19NO3S/c19-16(10-4-8-14-9-5-11-22-14)18-12-15(17(20)21)13-6-2-1-3-7-13/h1-3,5-7,9,11,15H,4,8,10,12H2,(H,18,19)(H,20,21). The van der Waals surface area contributed by atoms with Gasteiger partial charge in [-0.25, -0.2) is 0 Å². The van der Waals surface area contributed by atoms with Crippen LogP contribution in [0.5, 0.6) is 0 Å². The Labute approximate surface area is 133 Å². The van der Waals surface area contributed by atoms with Crippen molar-refractivity contribution in [2.24, 2.45) is 0 Å². The molecule has 0 aliphatic rings. The van der Waals surface area contributed by atoms with Crippen molar-refractivity contribution >= 4 is 23.2 Å². The molecule has 0 bridgehead atoms. The van der Waals surface area contributed by atoms with E-state index in [2.05, 4.69) is 11.4 Å². The summed E-state index contributed by atoms with van der Waals surface area (Å²) >= 11 is 1.68. The van der Waals surface area contributed by atoms with Gasteiger partial charge in [-0.2, -0.15) is 0 Å². The molecule has 1 aromatic heterocycles. The maximum atomic E-state index is 11.8. The first-order valence-electron chi connectivity index (χ1n) is 7.23. The first kappa shape index (κ1) is 16.2. The predicted octanol–water partition coefficient (Wildman–Crippen LogP) is 3.06. The Hall–Kier alpha value is -2.14. The van der Waals surface area contributed by atoms with Gasteiger partial charge in [-0.1, -0.05) is 36.4 Å². The Morgan fingerprint density at radius 1 is 1.14 bits per heavy atom. The summed E-state index contributed by atoms with van der Waals surface area (Å²) < 4.78 is 0. The number of nitrogens with one attached hydrogen (secondary N) is 1.